The quantitative estimate of drug-likeness (QED) is 0.795. The molecule has 3 rings (SSSR count). The molecule has 3 nitrogen and oxygen atoms in total. The van der Waals surface area contributed by atoms with Crippen LogP contribution in [0.1, 0.15) is 15.9 Å². The van der Waals surface area contributed by atoms with Gasteiger partial charge in [0.1, 0.15) is 5.70 Å². The van der Waals surface area contributed by atoms with E-state index in [1.807, 2.05) is 30.3 Å². The largest absolute Gasteiger partial charge is 0.351 e. The van der Waals surface area contributed by atoms with E-state index in [4.69, 9.17) is 29.0 Å². The van der Waals surface area contributed by atoms with Crippen molar-refractivity contribution in [3.05, 3.63) is 70.4 Å². The van der Waals surface area contributed by atoms with E-state index in [1.54, 1.807) is 18.2 Å². The zero-order valence-corrected chi connectivity index (χ0v) is 15.1. The Hall–Kier alpha value is -1.92. The molecule has 122 valence electrons. The molecule has 0 spiro atoms. The highest BCUT2D eigenvalue weighted by Gasteiger charge is 2.28. The Kier molecular flexibility index (Phi) is 4.36. The molecule has 6 heteroatoms. The molecule has 0 amide bonds. The number of fused-ring (bicyclic) bond motifs is 1. The number of nitrogens with one attached hydrogen (secondary N) is 1. The number of carbonyl (C=O) groups excluding carboxylic acids is 1. The minimum absolute atomic E-state index is 0.179. The van der Waals surface area contributed by atoms with Crippen molar-refractivity contribution in [2.24, 2.45) is 5.14 Å². The number of rotatable bonds is 3. The lowest BCUT2D eigenvalue weighted by Gasteiger charge is -2.20. The molecule has 0 radical (unpaired) electrons. The zero-order valence-electron chi connectivity index (χ0n) is 12.7. The number of anilines is 1. The number of nitrogens with two attached hydrogens (primary N) is 1. The summed E-state index contributed by atoms with van der Waals surface area (Å²) in [5.74, 6) is 7.57. The highest BCUT2D eigenvalue weighted by atomic mass is 35.5. The fraction of sp³-hybridized carbons (Fsp3) is 0. The van der Waals surface area contributed by atoms with Crippen molar-refractivity contribution >= 4 is 61.3 Å². The standard InChI is InChI=1S/C18H15ClN2OS2/c1-24(2,20)12-9-7-11(8-10-12)21-16-15(19)18(23)14-6-4-3-5-13(14)17(16)22/h3-10,21H,1-2,20H2. The van der Waals surface area contributed by atoms with Crippen molar-refractivity contribution in [2.75, 3.05) is 5.32 Å². The second-order valence-corrected chi connectivity index (χ2v) is 8.63. The molecule has 0 atom stereocenters. The van der Waals surface area contributed by atoms with E-state index in [-0.39, 0.29) is 16.5 Å². The predicted molar refractivity (Wildman–Crippen MR) is 110 cm³/mol. The van der Waals surface area contributed by atoms with Gasteiger partial charge in [0.05, 0.1) is 9.90 Å². The van der Waals surface area contributed by atoms with E-state index in [9.17, 15) is 4.79 Å². The second kappa shape index (κ2) is 6.18. The minimum Gasteiger partial charge on any atom is -0.351 e. The topological polar surface area (TPSA) is 55.1 Å². The van der Waals surface area contributed by atoms with Gasteiger partial charge in [0.15, 0.2) is 0 Å². The van der Waals surface area contributed by atoms with Gasteiger partial charge in [0.25, 0.3) is 0 Å². The molecule has 1 aliphatic rings. The number of benzene rings is 2. The number of Topliss-reactive ketones (excluding diaryl/α,β-unsaturated/α-hetero) is 1. The number of allylic oxidation sites excluding steroid dienone is 2. The van der Waals surface area contributed by atoms with E-state index in [0.717, 1.165) is 4.90 Å². The molecular formula is C18H15ClN2OS2. The van der Waals surface area contributed by atoms with Gasteiger partial charge >= 0.3 is 0 Å². The Morgan fingerprint density at radius 1 is 1.04 bits per heavy atom. The molecule has 0 saturated carbocycles. The summed E-state index contributed by atoms with van der Waals surface area (Å²) in [4.78, 5) is 14.0. The Balaban J connectivity index is 1.97. The average Bonchev–Trinajstić information content (AvgIpc) is 2.56. The summed E-state index contributed by atoms with van der Waals surface area (Å²) < 4.78 is 0. The Bertz CT molecular complexity index is 990. The van der Waals surface area contributed by atoms with Gasteiger partial charge in [0, 0.05) is 21.7 Å². The fourth-order valence-electron chi connectivity index (χ4n) is 2.41. The van der Waals surface area contributed by atoms with Crippen LogP contribution in [-0.4, -0.2) is 22.4 Å². The normalized spacial score (nSPS) is 14.6. The van der Waals surface area contributed by atoms with Gasteiger partial charge in [-0.15, -0.1) is 9.39 Å². The molecule has 0 bridgehead atoms. The van der Waals surface area contributed by atoms with Crippen LogP contribution in [-0.2, 0) is 0 Å². The summed E-state index contributed by atoms with van der Waals surface area (Å²) in [6, 6.07) is 14.5. The first-order chi connectivity index (χ1) is 11.3. The number of hydrogen-bond acceptors (Lipinski definition) is 4. The maximum absolute atomic E-state index is 12.7. The molecular weight excluding hydrogens is 360 g/mol. The molecule has 0 aromatic heterocycles. The summed E-state index contributed by atoms with van der Waals surface area (Å²) in [5, 5.41) is 9.27. The smallest absolute Gasteiger partial charge is 0.211 e. The molecule has 1 aliphatic carbocycles. The van der Waals surface area contributed by atoms with Gasteiger partial charge in [0.2, 0.25) is 5.78 Å². The van der Waals surface area contributed by atoms with E-state index < -0.39 is 9.39 Å². The number of thiocarbonyl (C=S) groups is 1. The van der Waals surface area contributed by atoms with E-state index in [0.29, 0.717) is 21.7 Å². The second-order valence-electron chi connectivity index (χ2n) is 5.49. The van der Waals surface area contributed by atoms with Crippen LogP contribution in [0.3, 0.4) is 0 Å². The third-order valence-electron chi connectivity index (χ3n) is 3.66. The lowest BCUT2D eigenvalue weighted by Crippen LogP contribution is -2.23. The number of halogens is 1. The number of hydrogen-bond donors (Lipinski definition) is 2. The van der Waals surface area contributed by atoms with Crippen LogP contribution in [0.4, 0.5) is 5.69 Å². The Labute approximate surface area is 151 Å². The lowest BCUT2D eigenvalue weighted by molar-refractivity contribution is 0.103. The molecule has 0 aliphatic heterocycles. The van der Waals surface area contributed by atoms with Gasteiger partial charge in [-0.25, -0.2) is 0 Å². The summed E-state index contributed by atoms with van der Waals surface area (Å²) in [5.41, 5.74) is 2.23. The maximum Gasteiger partial charge on any atom is 0.211 e. The molecule has 0 saturated heterocycles. The van der Waals surface area contributed by atoms with Gasteiger partial charge in [-0.2, -0.15) is 0 Å². The first-order valence-electron chi connectivity index (χ1n) is 7.01. The summed E-state index contributed by atoms with van der Waals surface area (Å²) in [6.07, 6.45) is 0. The summed E-state index contributed by atoms with van der Waals surface area (Å²) >= 11 is 11.7. The van der Waals surface area contributed by atoms with Crippen LogP contribution in [0, 0.1) is 0 Å². The first-order valence-corrected chi connectivity index (χ1v) is 9.83. The van der Waals surface area contributed by atoms with Crippen LogP contribution >= 0.6 is 33.2 Å². The van der Waals surface area contributed by atoms with Crippen LogP contribution in [0.2, 0.25) is 0 Å². The molecule has 2 aromatic rings. The van der Waals surface area contributed by atoms with E-state index >= 15 is 0 Å². The van der Waals surface area contributed by atoms with Crippen LogP contribution in [0.15, 0.2) is 64.2 Å². The Morgan fingerprint density at radius 3 is 2.21 bits per heavy atom. The van der Waals surface area contributed by atoms with Gasteiger partial charge in [-0.3, -0.25) is 9.93 Å². The maximum atomic E-state index is 12.7. The monoisotopic (exact) mass is 374 g/mol. The fourth-order valence-corrected chi connectivity index (χ4v) is 3.60. The highest BCUT2D eigenvalue weighted by molar-refractivity contribution is 8.26. The summed E-state index contributed by atoms with van der Waals surface area (Å²) in [6.45, 7) is 0. The third-order valence-corrected chi connectivity index (χ3v) is 5.78. The minimum atomic E-state index is -1.78. The van der Waals surface area contributed by atoms with Crippen molar-refractivity contribution < 1.29 is 4.79 Å². The first kappa shape index (κ1) is 16.9. The SMILES string of the molecule is C=S(=C)(N)c1ccc(NC2=C(Cl)C(=S)c3ccccc3C2=O)cc1. The molecule has 0 unspecified atom stereocenters. The van der Waals surface area contributed by atoms with Crippen LogP contribution < -0.4 is 10.5 Å². The van der Waals surface area contributed by atoms with Crippen molar-refractivity contribution in [3.63, 3.8) is 0 Å². The van der Waals surface area contributed by atoms with Crippen molar-refractivity contribution in [2.45, 2.75) is 4.90 Å². The predicted octanol–water partition coefficient (Wildman–Crippen LogP) is 4.06. The van der Waals surface area contributed by atoms with Crippen molar-refractivity contribution in [3.8, 4) is 0 Å². The molecule has 2 aromatic carbocycles. The van der Waals surface area contributed by atoms with Crippen LogP contribution in [0.5, 0.6) is 0 Å². The van der Waals surface area contributed by atoms with Gasteiger partial charge in [-0.1, -0.05) is 59.8 Å². The van der Waals surface area contributed by atoms with Gasteiger partial charge in [-0.05, 0) is 24.3 Å². The van der Waals surface area contributed by atoms with Crippen LogP contribution in [0.25, 0.3) is 0 Å². The van der Waals surface area contributed by atoms with Crippen molar-refractivity contribution in [1.82, 2.24) is 0 Å². The highest BCUT2D eigenvalue weighted by Crippen LogP contribution is 2.31. The molecule has 0 heterocycles. The average molecular weight is 375 g/mol. The lowest BCUT2D eigenvalue weighted by atomic mass is 9.93. The number of ketones is 1. The van der Waals surface area contributed by atoms with E-state index in [1.165, 1.54) is 0 Å². The summed E-state index contributed by atoms with van der Waals surface area (Å²) in [7, 11) is -1.78. The van der Waals surface area contributed by atoms with Crippen molar-refractivity contribution in [1.29, 1.82) is 0 Å². The number of carbonyl (C=O) groups is 1. The molecule has 0 fully saturated rings. The Morgan fingerprint density at radius 2 is 1.62 bits per heavy atom. The molecule has 3 N–H and O–H groups in total. The molecule has 24 heavy (non-hydrogen) atoms. The third kappa shape index (κ3) is 3.03. The van der Waals surface area contributed by atoms with E-state index in [2.05, 4.69) is 17.1 Å². The van der Waals surface area contributed by atoms with Gasteiger partial charge < -0.3 is 5.32 Å². The zero-order chi connectivity index (χ0) is 17.5.